The highest BCUT2D eigenvalue weighted by Crippen LogP contribution is 2.02. The van der Waals surface area contributed by atoms with Gasteiger partial charge in [-0.25, -0.2) is 4.79 Å². The first kappa shape index (κ1) is 5.15. The summed E-state index contributed by atoms with van der Waals surface area (Å²) in [6, 6.07) is 0. The Hall–Kier alpha value is -0.990. The molecule has 1 heterocycles. The third-order valence-corrected chi connectivity index (χ3v) is 0.910. The van der Waals surface area contributed by atoms with E-state index in [1.807, 2.05) is 4.90 Å². The molecule has 1 saturated heterocycles. The van der Waals surface area contributed by atoms with Crippen molar-refractivity contribution >= 4 is 5.97 Å². The van der Waals surface area contributed by atoms with E-state index in [1.165, 1.54) is 0 Å². The molecule has 0 aliphatic carbocycles. The van der Waals surface area contributed by atoms with E-state index in [4.69, 9.17) is 5.11 Å². The Morgan fingerprint density at radius 1 is 1.62 bits per heavy atom. The molecule has 0 aromatic heterocycles. The highest BCUT2D eigenvalue weighted by atomic mass is 16.4. The van der Waals surface area contributed by atoms with Gasteiger partial charge in [0, 0.05) is 25.4 Å². The van der Waals surface area contributed by atoms with Gasteiger partial charge in [0.1, 0.15) is 0 Å². The van der Waals surface area contributed by atoms with Crippen LogP contribution >= 0.6 is 0 Å². The first-order chi connectivity index (χ1) is 3.79. The number of hydrogen-bond acceptors (Lipinski definition) is 2. The fourth-order valence-electron chi connectivity index (χ4n) is 0.376. The molecule has 3 heteroatoms. The summed E-state index contributed by atoms with van der Waals surface area (Å²) in [5.74, 6) is -0.878. The number of carboxylic acids is 1. The predicted octanol–water partition coefficient (Wildman–Crippen LogP) is -0.0997. The second kappa shape index (κ2) is 1.86. The first-order valence-corrected chi connectivity index (χ1v) is 2.44. The van der Waals surface area contributed by atoms with Crippen LogP contribution in [0.4, 0.5) is 0 Å². The Kier molecular flexibility index (Phi) is 1.20. The van der Waals surface area contributed by atoms with Gasteiger partial charge in [0.05, 0.1) is 0 Å². The van der Waals surface area contributed by atoms with E-state index < -0.39 is 5.97 Å². The van der Waals surface area contributed by atoms with E-state index >= 15 is 0 Å². The Morgan fingerprint density at radius 2 is 2.25 bits per heavy atom. The van der Waals surface area contributed by atoms with Gasteiger partial charge in [-0.1, -0.05) is 0 Å². The van der Waals surface area contributed by atoms with Crippen LogP contribution in [-0.2, 0) is 4.79 Å². The molecule has 1 N–H and O–H groups in total. The number of carbonyl (C=O) groups is 1. The van der Waals surface area contributed by atoms with Crippen molar-refractivity contribution in [3.63, 3.8) is 0 Å². The minimum atomic E-state index is -0.878. The van der Waals surface area contributed by atoms with E-state index in [1.54, 1.807) is 6.20 Å². The fraction of sp³-hybridized carbons (Fsp3) is 0.400. The summed E-state index contributed by atoms with van der Waals surface area (Å²) in [5, 5.41) is 8.08. The summed E-state index contributed by atoms with van der Waals surface area (Å²) in [6.45, 7) is 2.01. The average Bonchev–Trinajstić information content (AvgIpc) is 2.41. The van der Waals surface area contributed by atoms with Gasteiger partial charge in [-0.15, -0.1) is 0 Å². The van der Waals surface area contributed by atoms with Gasteiger partial charge in [0.2, 0.25) is 0 Å². The number of nitrogens with zero attached hydrogens (tertiary/aromatic N) is 1. The van der Waals surface area contributed by atoms with Gasteiger partial charge in [-0.3, -0.25) is 0 Å². The maximum Gasteiger partial charge on any atom is 0.329 e. The maximum atomic E-state index is 9.82. The lowest BCUT2D eigenvalue weighted by molar-refractivity contribution is -0.131. The van der Waals surface area contributed by atoms with E-state index in [2.05, 4.69) is 0 Å². The number of hydrogen-bond donors (Lipinski definition) is 1. The highest BCUT2D eigenvalue weighted by Gasteiger charge is 2.10. The standard InChI is InChI=1S/C5H7NO2/c7-5(8)1-2-6-3-4-6/h1-2H,3-4H2,(H,7,8). The molecule has 3 nitrogen and oxygen atoms in total. The van der Waals surface area contributed by atoms with E-state index in [-0.39, 0.29) is 0 Å². The molecule has 1 aliphatic rings. The first-order valence-electron chi connectivity index (χ1n) is 2.44. The third-order valence-electron chi connectivity index (χ3n) is 0.910. The van der Waals surface area contributed by atoms with Crippen molar-refractivity contribution in [1.29, 1.82) is 0 Å². The van der Waals surface area contributed by atoms with E-state index in [0.29, 0.717) is 0 Å². The van der Waals surface area contributed by atoms with Gasteiger partial charge in [0.25, 0.3) is 0 Å². The van der Waals surface area contributed by atoms with Gasteiger partial charge >= 0.3 is 5.97 Å². The van der Waals surface area contributed by atoms with Crippen molar-refractivity contribution in [2.45, 2.75) is 0 Å². The van der Waals surface area contributed by atoms with E-state index in [9.17, 15) is 4.79 Å². The normalized spacial score (nSPS) is 17.2. The number of carboxylic acid groups (broad SMARTS) is 1. The zero-order valence-electron chi connectivity index (χ0n) is 4.37. The smallest absolute Gasteiger partial charge is 0.329 e. The largest absolute Gasteiger partial charge is 0.478 e. The molecule has 1 fully saturated rings. The van der Waals surface area contributed by atoms with Crippen molar-refractivity contribution in [1.82, 2.24) is 4.90 Å². The minimum absolute atomic E-state index is 0.878. The molecular formula is C5H7NO2. The summed E-state index contributed by atoms with van der Waals surface area (Å²) in [7, 11) is 0. The molecule has 1 aliphatic heterocycles. The second-order valence-corrected chi connectivity index (χ2v) is 1.69. The van der Waals surface area contributed by atoms with Crippen LogP contribution in [0.1, 0.15) is 0 Å². The van der Waals surface area contributed by atoms with Crippen LogP contribution < -0.4 is 0 Å². The summed E-state index contributed by atoms with van der Waals surface area (Å²) in [5.41, 5.74) is 0. The SMILES string of the molecule is O=C(O)C=CN1CC1. The van der Waals surface area contributed by atoms with Crippen molar-refractivity contribution in [3.05, 3.63) is 12.3 Å². The maximum absolute atomic E-state index is 9.82. The van der Waals surface area contributed by atoms with Crippen LogP contribution in [0.3, 0.4) is 0 Å². The summed E-state index contributed by atoms with van der Waals surface area (Å²) in [4.78, 5) is 11.7. The molecule has 0 aromatic rings. The van der Waals surface area contributed by atoms with Gasteiger partial charge in [0.15, 0.2) is 0 Å². The van der Waals surface area contributed by atoms with Gasteiger partial charge in [-0.2, -0.15) is 0 Å². The monoisotopic (exact) mass is 113 g/mol. The molecule has 0 aromatic carbocycles. The predicted molar refractivity (Wildman–Crippen MR) is 28.3 cm³/mol. The fourth-order valence-corrected chi connectivity index (χ4v) is 0.376. The summed E-state index contributed by atoms with van der Waals surface area (Å²) in [6.07, 6.45) is 2.73. The Bertz CT molecular complexity index is 126. The lowest BCUT2D eigenvalue weighted by atomic mass is 10.6. The molecule has 0 saturated carbocycles. The summed E-state index contributed by atoms with van der Waals surface area (Å²) >= 11 is 0. The zero-order valence-corrected chi connectivity index (χ0v) is 4.37. The molecule has 8 heavy (non-hydrogen) atoms. The molecule has 0 unspecified atom stereocenters. The molecular weight excluding hydrogens is 106 g/mol. The molecule has 0 radical (unpaired) electrons. The number of aliphatic carboxylic acids is 1. The van der Waals surface area contributed by atoms with Crippen LogP contribution in [0.2, 0.25) is 0 Å². The average molecular weight is 113 g/mol. The van der Waals surface area contributed by atoms with Crippen molar-refractivity contribution in [3.8, 4) is 0 Å². The molecule has 1 rings (SSSR count). The van der Waals surface area contributed by atoms with Gasteiger partial charge in [-0.05, 0) is 0 Å². The van der Waals surface area contributed by atoms with E-state index in [0.717, 1.165) is 19.2 Å². The second-order valence-electron chi connectivity index (χ2n) is 1.69. The van der Waals surface area contributed by atoms with Crippen LogP contribution in [-0.4, -0.2) is 29.1 Å². The van der Waals surface area contributed by atoms with Crippen LogP contribution in [0.25, 0.3) is 0 Å². The van der Waals surface area contributed by atoms with Crippen molar-refractivity contribution < 1.29 is 9.90 Å². The highest BCUT2D eigenvalue weighted by molar-refractivity contribution is 5.79. The van der Waals surface area contributed by atoms with Gasteiger partial charge < -0.3 is 10.0 Å². The Morgan fingerprint density at radius 3 is 2.62 bits per heavy atom. The minimum Gasteiger partial charge on any atom is -0.478 e. The van der Waals surface area contributed by atoms with Crippen LogP contribution in [0, 0.1) is 0 Å². The Labute approximate surface area is 47.2 Å². The van der Waals surface area contributed by atoms with Crippen LogP contribution in [0.15, 0.2) is 12.3 Å². The Balaban J connectivity index is 2.23. The molecule has 0 bridgehead atoms. The molecule has 0 spiro atoms. The quantitative estimate of drug-likeness (QED) is 0.401. The van der Waals surface area contributed by atoms with Crippen molar-refractivity contribution in [2.75, 3.05) is 13.1 Å². The third kappa shape index (κ3) is 1.64. The molecule has 0 atom stereocenters. The zero-order chi connectivity index (χ0) is 5.98. The molecule has 44 valence electrons. The molecule has 0 amide bonds. The van der Waals surface area contributed by atoms with Crippen LogP contribution in [0.5, 0.6) is 0 Å². The van der Waals surface area contributed by atoms with Crippen molar-refractivity contribution in [2.24, 2.45) is 0 Å². The lowest BCUT2D eigenvalue weighted by Gasteiger charge is -1.83. The topological polar surface area (TPSA) is 40.3 Å². The number of rotatable bonds is 2. The lowest BCUT2D eigenvalue weighted by Crippen LogP contribution is -1.89. The summed E-state index contributed by atoms with van der Waals surface area (Å²) < 4.78 is 0.